The summed E-state index contributed by atoms with van der Waals surface area (Å²) < 4.78 is 23.6. The Hall–Kier alpha value is -0.500. The molecule has 498 valence electrons. The van der Waals surface area contributed by atoms with Crippen LogP contribution in [0.3, 0.4) is 0 Å². The topological polar surface area (TPSA) is 108 Å². The van der Waals surface area contributed by atoms with Crippen LogP contribution in [0, 0.1) is 0 Å². The van der Waals surface area contributed by atoms with Crippen molar-refractivity contribution in [2.75, 3.05) is 40.9 Å². The third kappa shape index (κ3) is 68.8. The minimum atomic E-state index is -4.58. The number of phosphoric acid groups is 1. The summed E-state index contributed by atoms with van der Waals surface area (Å²) in [7, 11) is 1.33. The number of hydrogen-bond acceptors (Lipinski definition) is 6. The Kier molecular flexibility index (Phi) is 65.5. The van der Waals surface area contributed by atoms with Gasteiger partial charge < -0.3 is 28.8 Å². The van der Waals surface area contributed by atoms with E-state index in [1.807, 2.05) is 21.1 Å². The van der Waals surface area contributed by atoms with Gasteiger partial charge in [-0.25, -0.2) is 0 Å². The van der Waals surface area contributed by atoms with Crippen LogP contribution < -0.4 is 10.2 Å². The van der Waals surface area contributed by atoms with Gasteiger partial charge in [-0.3, -0.25) is 9.36 Å². The van der Waals surface area contributed by atoms with Crippen molar-refractivity contribution < 1.29 is 32.9 Å². The Balaban J connectivity index is 3.87. The SMILES string of the molecule is CCCCCCCCCCCCCCCCCCCCCCCCCCCCCCCCCCCCCCCCC(=O)NC(COP(=O)([O-])OCC[N+](C)(C)C)C(O)CCCCCCCCCCCCCCCCCCCCCCCCC. The molecule has 0 heterocycles. The van der Waals surface area contributed by atoms with Crippen molar-refractivity contribution in [3.05, 3.63) is 0 Å². The van der Waals surface area contributed by atoms with E-state index in [1.54, 1.807) is 0 Å². The van der Waals surface area contributed by atoms with Crippen molar-refractivity contribution in [1.82, 2.24) is 5.32 Å². The van der Waals surface area contributed by atoms with Gasteiger partial charge in [0.25, 0.3) is 7.82 Å². The Bertz CT molecular complexity index is 1310. The van der Waals surface area contributed by atoms with E-state index in [1.165, 1.54) is 353 Å². The van der Waals surface area contributed by atoms with Gasteiger partial charge >= 0.3 is 0 Å². The van der Waals surface area contributed by atoms with Gasteiger partial charge in [-0.15, -0.1) is 0 Å². The van der Waals surface area contributed by atoms with Gasteiger partial charge in [-0.1, -0.05) is 399 Å². The second-order valence-electron chi connectivity index (χ2n) is 27.7. The number of hydrogen-bond donors (Lipinski definition) is 2. The Morgan fingerprint density at radius 2 is 0.590 bits per heavy atom. The number of unbranched alkanes of at least 4 members (excludes halogenated alkanes) is 59. The number of nitrogens with zero attached hydrogens (tertiary/aromatic N) is 1. The number of carbonyl (C=O) groups is 1. The van der Waals surface area contributed by atoms with Gasteiger partial charge in [0, 0.05) is 6.42 Å². The molecule has 0 rings (SSSR count). The molecule has 0 radical (unpaired) electrons. The molecule has 0 bridgehead atoms. The highest BCUT2D eigenvalue weighted by molar-refractivity contribution is 7.45. The zero-order valence-corrected chi connectivity index (χ0v) is 58.1. The predicted molar refractivity (Wildman–Crippen MR) is 363 cm³/mol. The standard InChI is InChI=1S/C74H151N2O6P/c1-6-8-10-12-14-16-18-20-22-24-26-28-30-31-32-33-34-35-36-37-38-39-40-41-42-43-44-46-48-50-52-54-56-58-60-62-64-66-68-74(78)75-72(71-82-83(79,80)81-70-69-76(3,4)5)73(77)67-65-63-61-59-57-55-53-51-49-47-45-29-27-25-23-21-19-17-15-13-11-9-7-2/h72-73,77H,6-71H2,1-5H3,(H-,75,78,79,80). The third-order valence-corrected chi connectivity index (χ3v) is 19.1. The largest absolute Gasteiger partial charge is 0.756 e. The maximum Gasteiger partial charge on any atom is 0.268 e. The van der Waals surface area contributed by atoms with Crippen LogP contribution in [-0.4, -0.2) is 68.5 Å². The number of aliphatic hydroxyl groups excluding tert-OH is 1. The molecule has 0 aliphatic carbocycles. The quantitative estimate of drug-likeness (QED) is 0.0357. The first-order valence-corrected chi connectivity index (χ1v) is 39.3. The maximum absolute atomic E-state index is 13.1. The smallest absolute Gasteiger partial charge is 0.268 e. The van der Waals surface area contributed by atoms with Crippen LogP contribution in [0.25, 0.3) is 0 Å². The normalized spacial score (nSPS) is 13.5. The number of rotatable bonds is 72. The molecular weight excluding hydrogens is 1040 g/mol. The van der Waals surface area contributed by atoms with Crippen LogP contribution >= 0.6 is 7.82 Å². The lowest BCUT2D eigenvalue weighted by Crippen LogP contribution is -2.46. The Morgan fingerprint density at radius 1 is 0.373 bits per heavy atom. The monoisotopic (exact) mass is 1200 g/mol. The lowest BCUT2D eigenvalue weighted by molar-refractivity contribution is -0.870. The summed E-state index contributed by atoms with van der Waals surface area (Å²) in [4.78, 5) is 25.7. The molecule has 0 aromatic heterocycles. The first-order chi connectivity index (χ1) is 40.5. The molecule has 0 saturated carbocycles. The van der Waals surface area contributed by atoms with Crippen LogP contribution in [0.2, 0.25) is 0 Å². The number of aliphatic hydroxyl groups is 1. The van der Waals surface area contributed by atoms with Crippen molar-refractivity contribution in [2.24, 2.45) is 0 Å². The van der Waals surface area contributed by atoms with Gasteiger partial charge in [-0.05, 0) is 12.8 Å². The van der Waals surface area contributed by atoms with Gasteiger partial charge in [0.1, 0.15) is 13.2 Å². The number of likely N-dealkylation sites (N-methyl/N-ethyl adjacent to an activating group) is 1. The third-order valence-electron chi connectivity index (χ3n) is 18.1. The molecule has 0 aliphatic rings. The van der Waals surface area contributed by atoms with Crippen molar-refractivity contribution in [2.45, 2.75) is 431 Å². The van der Waals surface area contributed by atoms with E-state index in [4.69, 9.17) is 9.05 Å². The summed E-state index contributed by atoms with van der Waals surface area (Å²) in [5.74, 6) is -0.153. The molecule has 0 saturated heterocycles. The van der Waals surface area contributed by atoms with Gasteiger partial charge in [-0.2, -0.15) is 0 Å². The average molecular weight is 1200 g/mol. The lowest BCUT2D eigenvalue weighted by Gasteiger charge is -2.30. The van der Waals surface area contributed by atoms with Crippen LogP contribution in [0.4, 0.5) is 0 Å². The number of carbonyl (C=O) groups excluding carboxylic acids is 1. The van der Waals surface area contributed by atoms with E-state index in [2.05, 4.69) is 19.2 Å². The molecule has 0 aliphatic heterocycles. The molecule has 83 heavy (non-hydrogen) atoms. The zero-order valence-electron chi connectivity index (χ0n) is 57.2. The summed E-state index contributed by atoms with van der Waals surface area (Å²) in [6.45, 7) is 4.80. The van der Waals surface area contributed by atoms with Crippen molar-refractivity contribution in [3.8, 4) is 0 Å². The fourth-order valence-electron chi connectivity index (χ4n) is 12.2. The first kappa shape index (κ1) is 82.5. The number of quaternary nitrogens is 1. The predicted octanol–water partition coefficient (Wildman–Crippen LogP) is 23.7. The van der Waals surface area contributed by atoms with Crippen LogP contribution in [0.1, 0.15) is 418 Å². The second kappa shape index (κ2) is 65.9. The molecular formula is C74H151N2O6P. The summed E-state index contributed by atoms with van der Waals surface area (Å²) >= 11 is 0. The fraction of sp³-hybridized carbons (Fsp3) is 0.986. The van der Waals surface area contributed by atoms with E-state index < -0.39 is 20.0 Å². The molecule has 0 spiro atoms. The summed E-state index contributed by atoms with van der Waals surface area (Å²) in [6, 6.07) is -0.797. The van der Waals surface area contributed by atoms with Crippen LogP contribution in [-0.2, 0) is 18.4 Å². The number of amides is 1. The van der Waals surface area contributed by atoms with Crippen LogP contribution in [0.5, 0.6) is 0 Å². The summed E-state index contributed by atoms with van der Waals surface area (Å²) in [6.07, 6.45) is 83.6. The highest BCUT2D eigenvalue weighted by Crippen LogP contribution is 2.38. The molecule has 2 N–H and O–H groups in total. The Morgan fingerprint density at radius 3 is 0.819 bits per heavy atom. The van der Waals surface area contributed by atoms with Crippen LogP contribution in [0.15, 0.2) is 0 Å². The fourth-order valence-corrected chi connectivity index (χ4v) is 12.9. The van der Waals surface area contributed by atoms with Gasteiger partial charge in [0.05, 0.1) is 39.9 Å². The van der Waals surface area contributed by atoms with Crippen molar-refractivity contribution in [1.29, 1.82) is 0 Å². The number of phosphoric ester groups is 1. The molecule has 8 nitrogen and oxygen atoms in total. The van der Waals surface area contributed by atoms with E-state index >= 15 is 0 Å². The molecule has 0 aromatic rings. The minimum Gasteiger partial charge on any atom is -0.756 e. The summed E-state index contributed by atoms with van der Waals surface area (Å²) in [5.41, 5.74) is 0. The molecule has 9 heteroatoms. The Labute approximate surface area is 520 Å². The molecule has 0 aromatic carbocycles. The highest BCUT2D eigenvalue weighted by Gasteiger charge is 2.24. The summed E-state index contributed by atoms with van der Waals surface area (Å²) in [5, 5.41) is 14.1. The first-order valence-electron chi connectivity index (χ1n) is 37.9. The zero-order chi connectivity index (χ0) is 60.5. The van der Waals surface area contributed by atoms with Crippen molar-refractivity contribution in [3.63, 3.8) is 0 Å². The molecule has 0 fully saturated rings. The molecule has 1 amide bonds. The maximum atomic E-state index is 13.1. The second-order valence-corrected chi connectivity index (χ2v) is 29.1. The molecule has 3 atom stereocenters. The molecule has 3 unspecified atom stereocenters. The van der Waals surface area contributed by atoms with Crippen molar-refractivity contribution >= 4 is 13.7 Å². The number of nitrogens with one attached hydrogen (secondary N) is 1. The van der Waals surface area contributed by atoms with E-state index in [0.717, 1.165) is 38.5 Å². The van der Waals surface area contributed by atoms with E-state index in [0.29, 0.717) is 23.9 Å². The van der Waals surface area contributed by atoms with Gasteiger partial charge in [0.2, 0.25) is 5.91 Å². The van der Waals surface area contributed by atoms with Gasteiger partial charge in [0.15, 0.2) is 0 Å². The lowest BCUT2D eigenvalue weighted by atomic mass is 10.0. The average Bonchev–Trinajstić information content (AvgIpc) is 3.50. The highest BCUT2D eigenvalue weighted by atomic mass is 31.2. The van der Waals surface area contributed by atoms with E-state index in [9.17, 15) is 19.4 Å². The minimum absolute atomic E-state index is 0.0170. The van der Waals surface area contributed by atoms with E-state index in [-0.39, 0.29) is 19.1 Å².